The molecule has 1 aromatic carbocycles. The van der Waals surface area contributed by atoms with E-state index < -0.39 is 0 Å². The fourth-order valence-electron chi connectivity index (χ4n) is 3.41. The predicted octanol–water partition coefficient (Wildman–Crippen LogP) is 4.30. The maximum absolute atomic E-state index is 11.5. The van der Waals surface area contributed by atoms with E-state index in [1.807, 2.05) is 54.8 Å². The number of nitrogens with zero attached hydrogens (tertiary/aromatic N) is 3. The molecule has 3 heterocycles. The number of rotatable bonds is 9. The first-order valence-corrected chi connectivity index (χ1v) is 11.3. The molecule has 1 aliphatic rings. The second kappa shape index (κ2) is 11.6. The van der Waals surface area contributed by atoms with Crippen LogP contribution in [-0.2, 0) is 27.3 Å². The van der Waals surface area contributed by atoms with Crippen molar-refractivity contribution < 1.29 is 18.8 Å². The summed E-state index contributed by atoms with van der Waals surface area (Å²) in [6.45, 7) is 2.55. The van der Waals surface area contributed by atoms with Crippen LogP contribution in [0, 0.1) is 0 Å². The summed E-state index contributed by atoms with van der Waals surface area (Å²) in [6.07, 6.45) is 7.02. The molecule has 0 bridgehead atoms. The Balaban J connectivity index is 1.36. The lowest BCUT2D eigenvalue weighted by atomic mass is 10.1. The zero-order valence-corrected chi connectivity index (χ0v) is 19.4. The molecule has 9 nitrogen and oxygen atoms in total. The average Bonchev–Trinajstić information content (AvgIpc) is 3.20. The standard InChI is InChI=1S/C26H27N5O4/c1-2-33-25(32)16-28-23-12-11-21(26(27)30-23)22-14-20(31-35-22)13-19-9-6-10-24(29-15-19)34-17-18-7-4-3-5-8-18/h3-8,10-12,14-15H,2,9,13,16-17H2,1H3,(H3,27,28,30). The van der Waals surface area contributed by atoms with Crippen molar-refractivity contribution >= 4 is 23.5 Å². The number of hydrogen-bond acceptors (Lipinski definition) is 9. The Morgan fingerprint density at radius 2 is 2.06 bits per heavy atom. The first-order valence-electron chi connectivity index (χ1n) is 11.3. The average molecular weight is 474 g/mol. The Labute approximate surface area is 203 Å². The zero-order chi connectivity index (χ0) is 24.5. The predicted molar refractivity (Wildman–Crippen MR) is 133 cm³/mol. The number of carbonyl (C=O) groups excluding carboxylic acids is 1. The molecule has 3 N–H and O–H groups in total. The topological polar surface area (TPSA) is 125 Å². The molecule has 0 radical (unpaired) electrons. The van der Waals surface area contributed by atoms with E-state index in [1.54, 1.807) is 19.1 Å². The van der Waals surface area contributed by atoms with Crippen LogP contribution in [0.4, 0.5) is 11.6 Å². The minimum Gasteiger partial charge on any atom is -0.473 e. The lowest BCUT2D eigenvalue weighted by Gasteiger charge is -2.07. The van der Waals surface area contributed by atoms with Gasteiger partial charge >= 0.3 is 5.97 Å². The molecule has 2 aromatic heterocycles. The van der Waals surface area contributed by atoms with Crippen molar-refractivity contribution in [3.63, 3.8) is 0 Å². The zero-order valence-electron chi connectivity index (χ0n) is 19.4. The molecular formula is C26H27N5O4. The molecule has 0 aliphatic carbocycles. The van der Waals surface area contributed by atoms with Crippen LogP contribution >= 0.6 is 0 Å². The van der Waals surface area contributed by atoms with Gasteiger partial charge in [-0.1, -0.05) is 41.6 Å². The highest BCUT2D eigenvalue weighted by atomic mass is 16.5. The van der Waals surface area contributed by atoms with E-state index >= 15 is 0 Å². The molecule has 4 rings (SSSR count). The molecule has 35 heavy (non-hydrogen) atoms. The van der Waals surface area contributed by atoms with Crippen LogP contribution in [0.2, 0.25) is 0 Å². The minimum absolute atomic E-state index is 0.0110. The molecule has 0 saturated heterocycles. The number of nitrogen functional groups attached to an aromatic ring is 1. The smallest absolute Gasteiger partial charge is 0.325 e. The number of carbonyl (C=O) groups is 1. The van der Waals surface area contributed by atoms with Crippen LogP contribution in [0.15, 0.2) is 82.0 Å². The van der Waals surface area contributed by atoms with Gasteiger partial charge in [-0.25, -0.2) is 9.98 Å². The number of aliphatic imine (C=N–C) groups is 1. The highest BCUT2D eigenvalue weighted by molar-refractivity contribution is 5.88. The van der Waals surface area contributed by atoms with Crippen molar-refractivity contribution in [1.29, 1.82) is 0 Å². The van der Waals surface area contributed by atoms with Crippen molar-refractivity contribution in [2.45, 2.75) is 26.4 Å². The van der Waals surface area contributed by atoms with Crippen molar-refractivity contribution in [2.75, 3.05) is 24.2 Å². The molecule has 1 aliphatic heterocycles. The van der Waals surface area contributed by atoms with Gasteiger partial charge in [0.1, 0.15) is 24.8 Å². The third kappa shape index (κ3) is 6.80. The monoisotopic (exact) mass is 473 g/mol. The molecule has 180 valence electrons. The number of nitrogens with two attached hydrogens (primary N) is 1. The van der Waals surface area contributed by atoms with Gasteiger partial charge in [0.25, 0.3) is 0 Å². The largest absolute Gasteiger partial charge is 0.473 e. The van der Waals surface area contributed by atoms with E-state index in [9.17, 15) is 4.79 Å². The first-order chi connectivity index (χ1) is 17.1. The Hall–Kier alpha value is -4.40. The van der Waals surface area contributed by atoms with E-state index in [-0.39, 0.29) is 18.3 Å². The third-order valence-corrected chi connectivity index (χ3v) is 5.12. The molecule has 0 spiro atoms. The van der Waals surface area contributed by atoms with Gasteiger partial charge < -0.3 is 25.0 Å². The number of pyridine rings is 1. The number of anilines is 2. The van der Waals surface area contributed by atoms with Gasteiger partial charge in [-0.3, -0.25) is 4.79 Å². The van der Waals surface area contributed by atoms with E-state index in [0.717, 1.165) is 23.3 Å². The van der Waals surface area contributed by atoms with Crippen LogP contribution in [0.5, 0.6) is 0 Å². The fourth-order valence-corrected chi connectivity index (χ4v) is 3.41. The maximum atomic E-state index is 11.5. The molecule has 0 amide bonds. The molecular weight excluding hydrogens is 446 g/mol. The molecule has 0 fully saturated rings. The Bertz CT molecular complexity index is 1250. The SMILES string of the molecule is CCOC(=O)CNc1ccc(-c2cc(CC3=CN=C(OCc4ccccc4)C=CC3)no2)c(N)n1. The molecule has 0 saturated carbocycles. The molecule has 3 aromatic rings. The van der Waals surface area contributed by atoms with Crippen LogP contribution in [0.1, 0.15) is 24.6 Å². The Kier molecular flexibility index (Phi) is 7.90. The van der Waals surface area contributed by atoms with E-state index in [0.29, 0.717) is 42.7 Å². The van der Waals surface area contributed by atoms with Crippen LogP contribution in [-0.4, -0.2) is 35.2 Å². The molecule has 0 unspecified atom stereocenters. The van der Waals surface area contributed by atoms with E-state index in [1.165, 1.54) is 0 Å². The fraction of sp³-hybridized carbons (Fsp3) is 0.231. The summed E-state index contributed by atoms with van der Waals surface area (Å²) in [4.78, 5) is 20.2. The maximum Gasteiger partial charge on any atom is 0.325 e. The molecule has 0 atom stereocenters. The highest BCUT2D eigenvalue weighted by Gasteiger charge is 2.14. The summed E-state index contributed by atoms with van der Waals surface area (Å²) < 4.78 is 16.2. The summed E-state index contributed by atoms with van der Waals surface area (Å²) in [5, 5.41) is 7.06. The van der Waals surface area contributed by atoms with Gasteiger partial charge in [-0.05, 0) is 42.7 Å². The van der Waals surface area contributed by atoms with Gasteiger partial charge in [0.05, 0.1) is 17.9 Å². The lowest BCUT2D eigenvalue weighted by Crippen LogP contribution is -2.17. The second-order valence-corrected chi connectivity index (χ2v) is 7.78. The summed E-state index contributed by atoms with van der Waals surface area (Å²) in [5.41, 5.74) is 9.65. The molecule has 9 heteroatoms. The van der Waals surface area contributed by atoms with Gasteiger partial charge in [0, 0.05) is 18.7 Å². The Morgan fingerprint density at radius 3 is 2.86 bits per heavy atom. The minimum atomic E-state index is -0.362. The van der Waals surface area contributed by atoms with Crippen molar-refractivity contribution in [2.24, 2.45) is 4.99 Å². The summed E-state index contributed by atoms with van der Waals surface area (Å²) in [5.74, 6) is 1.46. The second-order valence-electron chi connectivity index (χ2n) is 7.78. The number of allylic oxidation sites excluding steroid dienone is 2. The number of nitrogens with one attached hydrogen (secondary N) is 1. The number of esters is 1. The van der Waals surface area contributed by atoms with E-state index in [2.05, 4.69) is 20.4 Å². The van der Waals surface area contributed by atoms with Crippen molar-refractivity contribution in [3.8, 4) is 11.3 Å². The number of aromatic nitrogens is 2. The quantitative estimate of drug-likeness (QED) is 0.441. The summed E-state index contributed by atoms with van der Waals surface area (Å²) in [6, 6.07) is 15.3. The van der Waals surface area contributed by atoms with Gasteiger partial charge in [0.2, 0.25) is 5.90 Å². The van der Waals surface area contributed by atoms with Gasteiger partial charge in [-0.2, -0.15) is 0 Å². The Morgan fingerprint density at radius 1 is 1.20 bits per heavy atom. The first kappa shape index (κ1) is 23.7. The summed E-state index contributed by atoms with van der Waals surface area (Å²) >= 11 is 0. The number of hydrogen-bond donors (Lipinski definition) is 2. The van der Waals surface area contributed by atoms with Crippen LogP contribution in [0.3, 0.4) is 0 Å². The van der Waals surface area contributed by atoms with Crippen LogP contribution in [0.25, 0.3) is 11.3 Å². The van der Waals surface area contributed by atoms with Crippen LogP contribution < -0.4 is 11.1 Å². The van der Waals surface area contributed by atoms with Crippen molar-refractivity contribution in [3.05, 3.63) is 83.7 Å². The number of benzene rings is 1. The van der Waals surface area contributed by atoms with E-state index in [4.69, 9.17) is 19.7 Å². The lowest BCUT2D eigenvalue weighted by molar-refractivity contribution is -0.140. The third-order valence-electron chi connectivity index (χ3n) is 5.12. The number of ether oxygens (including phenoxy) is 2. The summed E-state index contributed by atoms with van der Waals surface area (Å²) in [7, 11) is 0. The van der Waals surface area contributed by atoms with Crippen molar-refractivity contribution in [1.82, 2.24) is 10.1 Å². The normalized spacial score (nSPS) is 12.9. The van der Waals surface area contributed by atoms with Gasteiger partial charge in [0.15, 0.2) is 5.76 Å². The van der Waals surface area contributed by atoms with Gasteiger partial charge in [-0.15, -0.1) is 0 Å². The highest BCUT2D eigenvalue weighted by Crippen LogP contribution is 2.27.